The van der Waals surface area contributed by atoms with Crippen molar-refractivity contribution in [3.8, 4) is 11.5 Å². The largest absolute Gasteiger partial charge is 0.496 e. The lowest BCUT2D eigenvalue weighted by Gasteiger charge is -2.13. The predicted molar refractivity (Wildman–Crippen MR) is 95.1 cm³/mol. The Morgan fingerprint density at radius 3 is 2.38 bits per heavy atom. The van der Waals surface area contributed by atoms with Crippen molar-refractivity contribution in [3.63, 3.8) is 0 Å². The molecule has 0 fully saturated rings. The van der Waals surface area contributed by atoms with Crippen LogP contribution >= 0.6 is 0 Å². The number of nitrogens with zero attached hydrogens (tertiary/aromatic N) is 1. The van der Waals surface area contributed by atoms with Gasteiger partial charge in [0.2, 0.25) is 0 Å². The summed E-state index contributed by atoms with van der Waals surface area (Å²) in [5.74, 6) is 1.03. The van der Waals surface area contributed by atoms with Crippen molar-refractivity contribution in [2.24, 2.45) is 0 Å². The first-order valence-corrected chi connectivity index (χ1v) is 7.91. The average molecular weight is 329 g/mol. The van der Waals surface area contributed by atoms with E-state index in [1.54, 1.807) is 30.5 Å². The van der Waals surface area contributed by atoms with Crippen molar-refractivity contribution in [2.45, 2.75) is 19.8 Å². The van der Waals surface area contributed by atoms with Crippen LogP contribution in [-0.4, -0.2) is 31.7 Å². The zero-order chi connectivity index (χ0) is 17.4. The van der Waals surface area contributed by atoms with Crippen LogP contribution in [0.2, 0.25) is 0 Å². The minimum atomic E-state index is -0.330. The molecule has 128 valence electrons. The first-order chi connectivity index (χ1) is 11.7. The van der Waals surface area contributed by atoms with E-state index in [4.69, 9.17) is 9.47 Å². The number of hydrogen-bond donors (Lipinski definition) is 2. The van der Waals surface area contributed by atoms with Gasteiger partial charge in [-0.1, -0.05) is 19.4 Å². The maximum Gasteiger partial charge on any atom is 0.264 e. The van der Waals surface area contributed by atoms with Gasteiger partial charge in [0.15, 0.2) is 0 Å². The van der Waals surface area contributed by atoms with Gasteiger partial charge in [-0.25, -0.2) is 4.98 Å². The molecule has 0 aliphatic carbocycles. The van der Waals surface area contributed by atoms with Crippen LogP contribution in [0.3, 0.4) is 0 Å². The lowest BCUT2D eigenvalue weighted by atomic mass is 10.1. The van der Waals surface area contributed by atoms with Crippen molar-refractivity contribution in [1.29, 1.82) is 0 Å². The third kappa shape index (κ3) is 4.38. The Labute approximate surface area is 142 Å². The molecule has 24 heavy (non-hydrogen) atoms. The van der Waals surface area contributed by atoms with Crippen LogP contribution in [0.25, 0.3) is 0 Å². The van der Waals surface area contributed by atoms with E-state index in [0.717, 1.165) is 25.1 Å². The summed E-state index contributed by atoms with van der Waals surface area (Å²) in [6.07, 6.45) is 3.94. The van der Waals surface area contributed by atoms with Crippen LogP contribution in [0.4, 0.5) is 11.5 Å². The number of nitrogens with one attached hydrogen (secondary N) is 2. The van der Waals surface area contributed by atoms with Crippen LogP contribution in [0.1, 0.15) is 30.1 Å². The van der Waals surface area contributed by atoms with Gasteiger partial charge in [-0.2, -0.15) is 0 Å². The van der Waals surface area contributed by atoms with Gasteiger partial charge in [0.05, 0.1) is 26.1 Å². The number of rotatable bonds is 8. The summed E-state index contributed by atoms with van der Waals surface area (Å²) in [5, 5.41) is 6.04. The summed E-state index contributed by atoms with van der Waals surface area (Å²) in [6, 6.07) is 8.84. The number of unbranched alkanes of at least 4 members (excludes halogenated alkanes) is 1. The van der Waals surface area contributed by atoms with E-state index in [9.17, 15) is 4.79 Å². The fourth-order valence-corrected chi connectivity index (χ4v) is 2.24. The molecular weight excluding hydrogens is 306 g/mol. The molecule has 1 aromatic heterocycles. The van der Waals surface area contributed by atoms with Gasteiger partial charge in [-0.05, 0) is 30.7 Å². The number of carbonyl (C=O) groups is 1. The van der Waals surface area contributed by atoms with Crippen molar-refractivity contribution in [2.75, 3.05) is 31.4 Å². The van der Waals surface area contributed by atoms with Gasteiger partial charge >= 0.3 is 0 Å². The molecule has 0 bridgehead atoms. The van der Waals surface area contributed by atoms with Crippen LogP contribution < -0.4 is 20.1 Å². The van der Waals surface area contributed by atoms with E-state index in [1.165, 1.54) is 14.2 Å². The third-order valence-corrected chi connectivity index (χ3v) is 3.52. The maximum absolute atomic E-state index is 12.5. The molecule has 2 N–H and O–H groups in total. The van der Waals surface area contributed by atoms with E-state index in [2.05, 4.69) is 22.5 Å². The average Bonchev–Trinajstić information content (AvgIpc) is 2.62. The zero-order valence-electron chi connectivity index (χ0n) is 14.3. The summed E-state index contributed by atoms with van der Waals surface area (Å²) in [4.78, 5) is 16.8. The quantitative estimate of drug-likeness (QED) is 0.725. The molecular formula is C18H23N3O3. The Balaban J connectivity index is 2.10. The first kappa shape index (κ1) is 17.6. The number of ether oxygens (including phenoxy) is 2. The second-order valence-corrected chi connectivity index (χ2v) is 5.20. The molecule has 1 amide bonds. The topological polar surface area (TPSA) is 72.5 Å². The Bertz CT molecular complexity index is 649. The summed E-state index contributed by atoms with van der Waals surface area (Å²) in [6.45, 7) is 3.05. The van der Waals surface area contributed by atoms with E-state index in [0.29, 0.717) is 22.9 Å². The molecule has 6 heteroatoms. The normalized spacial score (nSPS) is 10.1. The van der Waals surface area contributed by atoms with Crippen LogP contribution in [-0.2, 0) is 0 Å². The van der Waals surface area contributed by atoms with Gasteiger partial charge in [-0.3, -0.25) is 4.79 Å². The Kier molecular flexibility index (Phi) is 6.42. The first-order valence-electron chi connectivity index (χ1n) is 7.91. The second-order valence-electron chi connectivity index (χ2n) is 5.20. The molecule has 1 heterocycles. The summed E-state index contributed by atoms with van der Waals surface area (Å²) >= 11 is 0. The molecule has 2 aromatic rings. The lowest BCUT2D eigenvalue weighted by Crippen LogP contribution is -2.15. The standard InChI is InChI=1S/C18H23N3O3/c1-4-5-11-19-13-9-10-16(20-12-13)21-18(22)17-14(23-2)7-6-8-15(17)24-3/h6-10,12,19H,4-5,11H2,1-3H3,(H,20,21,22). The summed E-state index contributed by atoms with van der Waals surface area (Å²) in [7, 11) is 3.03. The maximum atomic E-state index is 12.5. The Hall–Kier alpha value is -2.76. The monoisotopic (exact) mass is 329 g/mol. The molecule has 0 unspecified atom stereocenters. The molecule has 0 saturated heterocycles. The minimum Gasteiger partial charge on any atom is -0.496 e. The van der Waals surface area contributed by atoms with Crippen molar-refractivity contribution < 1.29 is 14.3 Å². The number of anilines is 2. The van der Waals surface area contributed by atoms with Crippen LogP contribution in [0.15, 0.2) is 36.5 Å². The minimum absolute atomic E-state index is 0.330. The predicted octanol–water partition coefficient (Wildman–Crippen LogP) is 3.56. The molecule has 0 spiro atoms. The molecule has 0 aliphatic heterocycles. The third-order valence-electron chi connectivity index (χ3n) is 3.52. The molecule has 0 saturated carbocycles. The van der Waals surface area contributed by atoms with E-state index < -0.39 is 0 Å². The molecule has 0 radical (unpaired) electrons. The highest BCUT2D eigenvalue weighted by Gasteiger charge is 2.18. The van der Waals surface area contributed by atoms with E-state index in [-0.39, 0.29) is 5.91 Å². The molecule has 6 nitrogen and oxygen atoms in total. The Morgan fingerprint density at radius 1 is 1.12 bits per heavy atom. The van der Waals surface area contributed by atoms with E-state index >= 15 is 0 Å². The van der Waals surface area contributed by atoms with Gasteiger partial charge in [-0.15, -0.1) is 0 Å². The fourth-order valence-electron chi connectivity index (χ4n) is 2.24. The number of hydrogen-bond acceptors (Lipinski definition) is 5. The summed E-state index contributed by atoms with van der Waals surface area (Å²) < 4.78 is 10.5. The van der Waals surface area contributed by atoms with Crippen molar-refractivity contribution >= 4 is 17.4 Å². The van der Waals surface area contributed by atoms with Crippen LogP contribution in [0.5, 0.6) is 11.5 Å². The summed E-state index contributed by atoms with van der Waals surface area (Å²) in [5.41, 5.74) is 1.27. The smallest absolute Gasteiger partial charge is 0.264 e. The highest BCUT2D eigenvalue weighted by atomic mass is 16.5. The second kappa shape index (κ2) is 8.76. The van der Waals surface area contributed by atoms with Crippen molar-refractivity contribution in [1.82, 2.24) is 4.98 Å². The number of benzene rings is 1. The Morgan fingerprint density at radius 2 is 1.83 bits per heavy atom. The van der Waals surface area contributed by atoms with E-state index in [1.807, 2.05) is 6.07 Å². The van der Waals surface area contributed by atoms with Gasteiger partial charge in [0.1, 0.15) is 22.9 Å². The number of methoxy groups -OCH3 is 2. The number of pyridine rings is 1. The number of carbonyl (C=O) groups excluding carboxylic acids is 1. The molecule has 0 aliphatic rings. The fraction of sp³-hybridized carbons (Fsp3) is 0.333. The lowest BCUT2D eigenvalue weighted by molar-refractivity contribution is 0.102. The SMILES string of the molecule is CCCCNc1ccc(NC(=O)c2c(OC)cccc2OC)nc1. The zero-order valence-corrected chi connectivity index (χ0v) is 14.3. The molecule has 1 aromatic carbocycles. The number of amides is 1. The highest BCUT2D eigenvalue weighted by molar-refractivity contribution is 6.07. The van der Waals surface area contributed by atoms with Crippen LogP contribution in [0, 0.1) is 0 Å². The molecule has 0 atom stereocenters. The van der Waals surface area contributed by atoms with Gasteiger partial charge in [0, 0.05) is 6.54 Å². The van der Waals surface area contributed by atoms with Crippen molar-refractivity contribution in [3.05, 3.63) is 42.1 Å². The van der Waals surface area contributed by atoms with Gasteiger partial charge in [0.25, 0.3) is 5.91 Å². The van der Waals surface area contributed by atoms with Gasteiger partial charge < -0.3 is 20.1 Å². The molecule has 2 rings (SSSR count). The number of aromatic nitrogens is 1. The highest BCUT2D eigenvalue weighted by Crippen LogP contribution is 2.28.